The van der Waals surface area contributed by atoms with Crippen molar-refractivity contribution in [3.05, 3.63) is 24.8 Å². The fourth-order valence-corrected chi connectivity index (χ4v) is 1.95. The van der Waals surface area contributed by atoms with Crippen LogP contribution in [0, 0.1) is 0 Å². The maximum atomic E-state index is 11.0. The summed E-state index contributed by atoms with van der Waals surface area (Å²) in [7, 11) is 1.76. The summed E-state index contributed by atoms with van der Waals surface area (Å²) in [6.45, 7) is 8.58. The van der Waals surface area contributed by atoms with Crippen molar-refractivity contribution in [3.63, 3.8) is 0 Å². The van der Waals surface area contributed by atoms with Crippen LogP contribution in [0.3, 0.4) is 0 Å². The minimum absolute atomic E-state index is 0.0928. The van der Waals surface area contributed by atoms with E-state index in [4.69, 9.17) is 4.74 Å². The first kappa shape index (κ1) is 15.8. The zero-order valence-corrected chi connectivity index (χ0v) is 12.0. The number of aliphatic imine (C=N–C) groups is 1. The van der Waals surface area contributed by atoms with Crippen molar-refractivity contribution in [1.82, 2.24) is 4.90 Å². The highest BCUT2D eigenvalue weighted by Gasteiger charge is 2.25. The maximum absolute atomic E-state index is 11.0. The number of nitrogens with zero attached hydrogens (tertiary/aromatic N) is 2. The second kappa shape index (κ2) is 8.77. The molecule has 0 aliphatic carbocycles. The smallest absolute Gasteiger partial charge is 0.151 e. The van der Waals surface area contributed by atoms with Crippen LogP contribution in [0.1, 0.15) is 19.8 Å². The molecule has 0 aromatic carbocycles. The average Bonchev–Trinajstić information content (AvgIpc) is 2.34. The van der Waals surface area contributed by atoms with Gasteiger partial charge in [-0.2, -0.15) is 0 Å². The number of Topliss-reactive ketones (excluding diaryl/α,β-unsaturated/α-hetero) is 1. The molecule has 0 unspecified atom stereocenters. The Balaban J connectivity index is 2.28. The van der Waals surface area contributed by atoms with Crippen molar-refractivity contribution in [2.24, 2.45) is 4.99 Å². The van der Waals surface area contributed by atoms with Gasteiger partial charge < -0.3 is 4.74 Å². The predicted octanol–water partition coefficient (Wildman–Crippen LogP) is 1.87. The first-order valence-electron chi connectivity index (χ1n) is 6.72. The van der Waals surface area contributed by atoms with Gasteiger partial charge in [-0.25, -0.2) is 0 Å². The molecule has 4 nitrogen and oxygen atoms in total. The summed E-state index contributed by atoms with van der Waals surface area (Å²) in [4.78, 5) is 17.6. The lowest BCUT2D eigenvalue weighted by molar-refractivity contribution is -0.115. The second-order valence-electron chi connectivity index (χ2n) is 4.83. The zero-order valence-electron chi connectivity index (χ0n) is 12.0. The molecule has 1 aliphatic heterocycles. The molecular weight excluding hydrogens is 240 g/mol. The van der Waals surface area contributed by atoms with Gasteiger partial charge in [0.25, 0.3) is 0 Å². The van der Waals surface area contributed by atoms with Gasteiger partial charge in [0.05, 0.1) is 12.6 Å². The summed E-state index contributed by atoms with van der Waals surface area (Å²) in [6.07, 6.45) is 7.88. The molecule has 1 aliphatic rings. The topological polar surface area (TPSA) is 41.9 Å². The Bertz CT molecular complexity index is 355. The number of methoxy groups -OCH3 is 1. The van der Waals surface area contributed by atoms with Crippen molar-refractivity contribution in [2.75, 3.05) is 33.3 Å². The van der Waals surface area contributed by atoms with E-state index in [1.807, 2.05) is 12.2 Å². The van der Waals surface area contributed by atoms with Gasteiger partial charge in [-0.1, -0.05) is 18.7 Å². The molecular formula is C15H24N2O2. The maximum Gasteiger partial charge on any atom is 0.151 e. The van der Waals surface area contributed by atoms with E-state index in [1.165, 1.54) is 0 Å². The lowest BCUT2D eigenvalue weighted by Gasteiger charge is -2.38. The van der Waals surface area contributed by atoms with Gasteiger partial charge in [-0.05, 0) is 32.4 Å². The number of allylic oxidation sites excluding steroid dienone is 3. The van der Waals surface area contributed by atoms with E-state index in [0.29, 0.717) is 6.10 Å². The fourth-order valence-electron chi connectivity index (χ4n) is 1.95. The Hall–Kier alpha value is -1.26. The number of carbonyl (C=O) groups is 1. The highest BCUT2D eigenvalue weighted by molar-refractivity contribution is 5.96. The molecule has 0 radical (unpaired) electrons. The van der Waals surface area contributed by atoms with Gasteiger partial charge in [0.1, 0.15) is 0 Å². The molecule has 0 aromatic heterocycles. The van der Waals surface area contributed by atoms with Crippen molar-refractivity contribution < 1.29 is 9.53 Å². The van der Waals surface area contributed by atoms with Gasteiger partial charge in [-0.3, -0.25) is 14.7 Å². The number of ketones is 1. The quantitative estimate of drug-likeness (QED) is 0.471. The molecule has 4 heteroatoms. The van der Waals surface area contributed by atoms with Crippen LogP contribution in [0.25, 0.3) is 0 Å². The Morgan fingerprint density at radius 1 is 1.53 bits per heavy atom. The highest BCUT2D eigenvalue weighted by Crippen LogP contribution is 2.11. The van der Waals surface area contributed by atoms with Crippen LogP contribution in [-0.4, -0.2) is 55.8 Å². The first-order valence-corrected chi connectivity index (χ1v) is 6.72. The van der Waals surface area contributed by atoms with Crippen LogP contribution >= 0.6 is 0 Å². The predicted molar refractivity (Wildman–Crippen MR) is 78.8 cm³/mol. The fraction of sp³-hybridized carbons (Fsp3) is 0.600. The molecule has 0 saturated carbocycles. The summed E-state index contributed by atoms with van der Waals surface area (Å²) in [5.74, 6) is 0.0928. The molecule has 1 heterocycles. The van der Waals surface area contributed by atoms with Crippen molar-refractivity contribution in [2.45, 2.75) is 25.9 Å². The standard InChI is InChI=1S/C15H24N2O2/c1-4-5-7-14(16-10-13(2)18)8-6-9-17-11-15(12-17)19-3/h4-5,7,15H,1,6,8-12H2,2-3H3/b7-5-,16-14?. The molecule has 0 aromatic rings. The monoisotopic (exact) mass is 264 g/mol. The number of carbonyl (C=O) groups excluding carboxylic acids is 1. The summed E-state index contributed by atoms with van der Waals surface area (Å²) >= 11 is 0. The summed E-state index contributed by atoms with van der Waals surface area (Å²) in [5.41, 5.74) is 0.971. The van der Waals surface area contributed by atoms with Crippen molar-refractivity contribution in [1.29, 1.82) is 0 Å². The Morgan fingerprint density at radius 2 is 2.26 bits per heavy atom. The van der Waals surface area contributed by atoms with Crippen LogP contribution < -0.4 is 0 Å². The molecule has 0 atom stereocenters. The van der Waals surface area contributed by atoms with Crippen LogP contribution in [0.5, 0.6) is 0 Å². The Kier molecular flexibility index (Phi) is 7.30. The normalized spacial score (nSPS) is 17.7. The highest BCUT2D eigenvalue weighted by atomic mass is 16.5. The van der Waals surface area contributed by atoms with Crippen LogP contribution in [0.4, 0.5) is 0 Å². The van der Waals surface area contributed by atoms with E-state index in [2.05, 4.69) is 16.5 Å². The molecule has 1 saturated heterocycles. The van der Waals surface area contributed by atoms with E-state index < -0.39 is 0 Å². The number of likely N-dealkylation sites (tertiary alicyclic amines) is 1. The zero-order chi connectivity index (χ0) is 14.1. The third kappa shape index (κ3) is 6.45. The van der Waals surface area contributed by atoms with Crippen LogP contribution in [0.2, 0.25) is 0 Å². The number of ether oxygens (including phenoxy) is 1. The minimum Gasteiger partial charge on any atom is -0.379 e. The van der Waals surface area contributed by atoms with Crippen molar-refractivity contribution in [3.8, 4) is 0 Å². The summed E-state index contributed by atoms with van der Waals surface area (Å²) in [5, 5.41) is 0. The Morgan fingerprint density at radius 3 is 2.84 bits per heavy atom. The van der Waals surface area contributed by atoms with Crippen molar-refractivity contribution >= 4 is 11.5 Å². The van der Waals surface area contributed by atoms with E-state index in [1.54, 1.807) is 20.1 Å². The van der Waals surface area contributed by atoms with E-state index in [0.717, 1.165) is 38.2 Å². The van der Waals surface area contributed by atoms with E-state index in [-0.39, 0.29) is 12.3 Å². The van der Waals surface area contributed by atoms with Gasteiger partial charge >= 0.3 is 0 Å². The number of hydrogen-bond donors (Lipinski definition) is 0. The van der Waals surface area contributed by atoms with Crippen LogP contribution in [0.15, 0.2) is 29.8 Å². The van der Waals surface area contributed by atoms with E-state index >= 15 is 0 Å². The lowest BCUT2D eigenvalue weighted by atomic mass is 10.1. The summed E-state index contributed by atoms with van der Waals surface area (Å²) < 4.78 is 5.24. The molecule has 1 rings (SSSR count). The summed E-state index contributed by atoms with van der Waals surface area (Å²) in [6, 6.07) is 0. The third-order valence-corrected chi connectivity index (χ3v) is 3.09. The molecule has 19 heavy (non-hydrogen) atoms. The molecule has 0 N–H and O–H groups in total. The molecule has 106 valence electrons. The number of hydrogen-bond acceptors (Lipinski definition) is 4. The largest absolute Gasteiger partial charge is 0.379 e. The van der Waals surface area contributed by atoms with Crippen LogP contribution in [-0.2, 0) is 9.53 Å². The lowest BCUT2D eigenvalue weighted by Crippen LogP contribution is -2.51. The Labute approximate surface area is 115 Å². The molecule has 0 spiro atoms. The second-order valence-corrected chi connectivity index (χ2v) is 4.83. The van der Waals surface area contributed by atoms with Gasteiger partial charge in [0.15, 0.2) is 5.78 Å². The third-order valence-electron chi connectivity index (χ3n) is 3.09. The number of rotatable bonds is 9. The SMILES string of the molecule is C=C/C=C\C(CCCN1CC(OC)C1)=NCC(C)=O. The first-order chi connectivity index (χ1) is 9.15. The van der Waals surface area contributed by atoms with Gasteiger partial charge in [0, 0.05) is 25.9 Å². The minimum atomic E-state index is 0.0928. The molecule has 1 fully saturated rings. The molecule has 0 bridgehead atoms. The van der Waals surface area contributed by atoms with E-state index in [9.17, 15) is 4.79 Å². The van der Waals surface area contributed by atoms with Gasteiger partial charge in [0.2, 0.25) is 0 Å². The molecule has 0 amide bonds. The van der Waals surface area contributed by atoms with Gasteiger partial charge in [-0.15, -0.1) is 0 Å². The average molecular weight is 264 g/mol.